The van der Waals surface area contributed by atoms with Crippen LogP contribution in [0.15, 0.2) is 0 Å². The van der Waals surface area contributed by atoms with E-state index in [2.05, 4.69) is 0 Å². The summed E-state index contributed by atoms with van der Waals surface area (Å²) < 4.78 is 5.08. The zero-order chi connectivity index (χ0) is 9.07. The monoisotopic (exact) mass is 271 g/mol. The minimum atomic E-state index is -2.80. The number of rotatable bonds is 4. The van der Waals surface area contributed by atoms with Crippen molar-refractivity contribution < 1.29 is 25.9 Å². The maximum atomic E-state index is 11.4. The van der Waals surface area contributed by atoms with Crippen molar-refractivity contribution in [2.24, 2.45) is 0 Å². The summed E-state index contributed by atoms with van der Waals surface area (Å²) in [6.45, 7) is 7.57. The average Bonchev–Trinajstić information content (AvgIpc) is 1.53. The van der Waals surface area contributed by atoms with Gasteiger partial charge in [-0.2, -0.15) is 0 Å². The third kappa shape index (κ3) is 9.50. The van der Waals surface area contributed by atoms with Gasteiger partial charge in [-0.05, 0) is 13.8 Å². The van der Waals surface area contributed by atoms with Gasteiger partial charge in [0.25, 0.3) is 0 Å². The SMILES string of the molecule is CC(C)OP([O-])(=S)SC(C)C.[Ni+2]. The van der Waals surface area contributed by atoms with Crippen molar-refractivity contribution in [3.8, 4) is 0 Å². The molecule has 1 unspecified atom stereocenters. The van der Waals surface area contributed by atoms with E-state index >= 15 is 0 Å². The molecule has 0 rings (SSSR count). The van der Waals surface area contributed by atoms with E-state index in [1.807, 2.05) is 27.7 Å². The molecule has 0 heterocycles. The second kappa shape index (κ2) is 6.81. The fourth-order valence-corrected chi connectivity index (χ4v) is 5.90. The van der Waals surface area contributed by atoms with Gasteiger partial charge < -0.3 is 9.42 Å². The smallest absolute Gasteiger partial charge is 0.793 e. The van der Waals surface area contributed by atoms with Gasteiger partial charge in [-0.15, -0.1) is 11.4 Å². The molecule has 1 atom stereocenters. The van der Waals surface area contributed by atoms with E-state index in [0.29, 0.717) is 0 Å². The molecule has 0 radical (unpaired) electrons. The van der Waals surface area contributed by atoms with Crippen LogP contribution in [-0.4, -0.2) is 11.4 Å². The molecule has 0 fully saturated rings. The summed E-state index contributed by atoms with van der Waals surface area (Å²) in [6, 6.07) is 0. The Balaban J connectivity index is 0. The van der Waals surface area contributed by atoms with Crippen LogP contribution in [0.1, 0.15) is 27.7 Å². The molecule has 0 aliphatic rings. The Kier molecular flexibility index (Phi) is 9.00. The van der Waals surface area contributed by atoms with Crippen molar-refractivity contribution in [1.82, 2.24) is 0 Å². The molecular formula is C6H14NiO2PS2+. The zero-order valence-corrected chi connectivity index (χ0v) is 11.1. The van der Waals surface area contributed by atoms with Crippen molar-refractivity contribution in [2.45, 2.75) is 39.0 Å². The number of hydrogen-bond donors (Lipinski definition) is 0. The molecule has 0 bridgehead atoms. The molecule has 76 valence electrons. The Morgan fingerprint density at radius 3 is 2.00 bits per heavy atom. The fourth-order valence-electron chi connectivity index (χ4n) is 0.541. The topological polar surface area (TPSA) is 32.3 Å². The minimum absolute atomic E-state index is 0. The van der Waals surface area contributed by atoms with Gasteiger partial charge in [-0.25, -0.2) is 0 Å². The summed E-state index contributed by atoms with van der Waals surface area (Å²) in [5.74, 6) is 0. The van der Waals surface area contributed by atoms with Gasteiger partial charge in [-0.1, -0.05) is 25.7 Å². The van der Waals surface area contributed by atoms with E-state index in [9.17, 15) is 4.89 Å². The normalized spacial score (nSPS) is 15.9. The second-order valence-corrected chi connectivity index (χ2v) is 9.22. The van der Waals surface area contributed by atoms with Gasteiger partial charge in [0.15, 0.2) is 0 Å². The first-order valence-electron chi connectivity index (χ1n) is 3.51. The first-order chi connectivity index (χ1) is 4.83. The van der Waals surface area contributed by atoms with Gasteiger partial charge in [0.2, 0.25) is 0 Å². The van der Waals surface area contributed by atoms with E-state index in [1.165, 1.54) is 11.4 Å². The molecule has 0 spiro atoms. The summed E-state index contributed by atoms with van der Waals surface area (Å²) in [7, 11) is 0. The molecule has 0 amide bonds. The predicted octanol–water partition coefficient (Wildman–Crippen LogP) is 2.14. The van der Waals surface area contributed by atoms with Crippen molar-refractivity contribution in [1.29, 1.82) is 0 Å². The summed E-state index contributed by atoms with van der Waals surface area (Å²) in [6.07, 6.45) is -0.0513. The molecule has 0 aromatic carbocycles. The van der Waals surface area contributed by atoms with E-state index < -0.39 is 5.69 Å². The molecule has 0 aliphatic carbocycles. The Morgan fingerprint density at radius 1 is 1.33 bits per heavy atom. The maximum Gasteiger partial charge on any atom is 2.00 e. The minimum Gasteiger partial charge on any atom is -0.793 e. The first kappa shape index (κ1) is 15.9. The van der Waals surface area contributed by atoms with Crippen LogP contribution < -0.4 is 4.89 Å². The molecule has 2 nitrogen and oxygen atoms in total. The van der Waals surface area contributed by atoms with Crippen LogP contribution in [-0.2, 0) is 32.8 Å². The second-order valence-electron chi connectivity index (χ2n) is 2.76. The Bertz CT molecular complexity index is 150. The first-order valence-corrected chi connectivity index (χ1v) is 7.63. The van der Waals surface area contributed by atoms with E-state index in [1.54, 1.807) is 0 Å². The molecule has 0 aliphatic heterocycles. The summed E-state index contributed by atoms with van der Waals surface area (Å²) in [4.78, 5) is 11.4. The standard InChI is InChI=1S/C6H15O2PS2.Ni/c1-5(2)8-9(7,10)11-6(3)4;/h5-6H,1-4H3,(H,7,10);/q;+2/p-1. The summed E-state index contributed by atoms with van der Waals surface area (Å²) >= 11 is 6.03. The molecule has 12 heavy (non-hydrogen) atoms. The predicted molar refractivity (Wildman–Crippen MR) is 53.2 cm³/mol. The van der Waals surface area contributed by atoms with E-state index in [0.717, 1.165) is 0 Å². The Labute approximate surface area is 93.7 Å². The van der Waals surface area contributed by atoms with Crippen LogP contribution in [0, 0.1) is 0 Å². The van der Waals surface area contributed by atoms with Crippen LogP contribution in [0.25, 0.3) is 0 Å². The Morgan fingerprint density at radius 2 is 1.75 bits per heavy atom. The molecule has 0 aromatic heterocycles. The Hall–Kier alpha value is 1.41. The van der Waals surface area contributed by atoms with Gasteiger partial charge in [-0.3, -0.25) is 0 Å². The maximum absolute atomic E-state index is 11.4. The van der Waals surface area contributed by atoms with Crippen molar-refractivity contribution in [3.63, 3.8) is 0 Å². The third-order valence-electron chi connectivity index (χ3n) is 0.680. The molecule has 6 heteroatoms. The van der Waals surface area contributed by atoms with Crippen LogP contribution in [0.2, 0.25) is 0 Å². The molecule has 0 saturated carbocycles. The van der Waals surface area contributed by atoms with Gasteiger partial charge >= 0.3 is 16.5 Å². The fraction of sp³-hybridized carbons (Fsp3) is 1.00. The third-order valence-corrected chi connectivity index (χ3v) is 5.37. The molecule has 0 aromatic rings. The van der Waals surface area contributed by atoms with Crippen molar-refractivity contribution >= 4 is 28.9 Å². The summed E-state index contributed by atoms with van der Waals surface area (Å²) in [5.41, 5.74) is -2.80. The van der Waals surface area contributed by atoms with E-state index in [4.69, 9.17) is 16.3 Å². The summed E-state index contributed by atoms with van der Waals surface area (Å²) in [5, 5.41) is 0.261. The van der Waals surface area contributed by atoms with Crippen LogP contribution in [0.4, 0.5) is 0 Å². The van der Waals surface area contributed by atoms with Crippen LogP contribution in [0.5, 0.6) is 0 Å². The zero-order valence-electron chi connectivity index (χ0n) is 7.55. The quantitative estimate of drug-likeness (QED) is 0.579. The van der Waals surface area contributed by atoms with E-state index in [-0.39, 0.29) is 27.8 Å². The van der Waals surface area contributed by atoms with Crippen molar-refractivity contribution in [2.75, 3.05) is 0 Å². The van der Waals surface area contributed by atoms with Gasteiger partial charge in [0, 0.05) is 10.9 Å². The van der Waals surface area contributed by atoms with Gasteiger partial charge in [0.1, 0.15) is 0 Å². The van der Waals surface area contributed by atoms with Crippen molar-refractivity contribution in [3.05, 3.63) is 0 Å². The molecule has 0 N–H and O–H groups in total. The van der Waals surface area contributed by atoms with Crippen LogP contribution in [0.3, 0.4) is 0 Å². The molecular weight excluding hydrogens is 258 g/mol. The molecule has 0 saturated heterocycles. The average molecular weight is 272 g/mol. The van der Waals surface area contributed by atoms with Crippen LogP contribution >= 0.6 is 17.1 Å². The van der Waals surface area contributed by atoms with Gasteiger partial charge in [0.05, 0.1) is 6.10 Å². The number of hydrogen-bond acceptors (Lipinski definition) is 4. The largest absolute Gasteiger partial charge is 2.00 e.